The minimum Gasteiger partial charge on any atom is -0.374 e. The second kappa shape index (κ2) is 8.70. The number of rotatable bonds is 6. The lowest BCUT2D eigenvalue weighted by atomic mass is 9.97. The Morgan fingerprint density at radius 3 is 2.53 bits per heavy atom. The smallest absolute Gasteiger partial charge is 0.374 e. The van der Waals surface area contributed by atoms with Crippen molar-refractivity contribution >= 4 is 26.8 Å². The molecule has 1 aliphatic heterocycles. The molecule has 1 atom stereocenters. The Labute approximate surface area is 180 Å². The predicted octanol–water partition coefficient (Wildman–Crippen LogP) is 2.17. The fourth-order valence-electron chi connectivity index (χ4n) is 3.64. The van der Waals surface area contributed by atoms with Crippen LogP contribution in [0.15, 0.2) is 21.7 Å². The molecule has 1 aromatic carbocycles. The van der Waals surface area contributed by atoms with Crippen LogP contribution in [0.2, 0.25) is 0 Å². The van der Waals surface area contributed by atoms with Gasteiger partial charge in [0.1, 0.15) is 0 Å². The fraction of sp³-hybridized carbons (Fsp3) is 0.526. The highest BCUT2D eigenvalue weighted by molar-refractivity contribution is 7.92. The molecule has 1 amide bonds. The van der Waals surface area contributed by atoms with Gasteiger partial charge in [0.25, 0.3) is 21.5 Å². The lowest BCUT2D eigenvalue weighted by molar-refractivity contribution is -0.139. The number of unbranched alkanes of at least 4 members (excludes halogenated alkanes) is 1. The number of carbonyl (C=O) groups excluding carboxylic acids is 1. The molecular weight excluding hydrogens is 455 g/mol. The quantitative estimate of drug-likeness (QED) is 0.681. The number of hydrogen-bond acceptors (Lipinski definition) is 6. The van der Waals surface area contributed by atoms with E-state index in [9.17, 15) is 36.0 Å². The van der Waals surface area contributed by atoms with Gasteiger partial charge in [-0.3, -0.25) is 9.59 Å². The molecule has 1 aromatic heterocycles. The monoisotopic (exact) mass is 477 g/mol. The third-order valence-corrected chi connectivity index (χ3v) is 6.08. The maximum absolute atomic E-state index is 13.7. The summed E-state index contributed by atoms with van der Waals surface area (Å²) >= 11 is 0. The summed E-state index contributed by atoms with van der Waals surface area (Å²) in [7, 11) is -4.40. The predicted molar refractivity (Wildman–Crippen MR) is 109 cm³/mol. The molecule has 0 bridgehead atoms. The molecule has 1 N–H and O–H groups in total. The van der Waals surface area contributed by atoms with E-state index in [1.807, 2.05) is 0 Å². The number of carbonyl (C=O) groups is 1. The van der Waals surface area contributed by atoms with Crippen LogP contribution in [0.1, 0.15) is 56.3 Å². The number of halogens is 3. The number of aromatic amines is 1. The van der Waals surface area contributed by atoms with Gasteiger partial charge in [-0.15, -0.1) is 9.09 Å². The summed E-state index contributed by atoms with van der Waals surface area (Å²) in [4.78, 5) is 40.3. The van der Waals surface area contributed by atoms with Gasteiger partial charge in [0.05, 0.1) is 28.8 Å². The zero-order chi connectivity index (χ0) is 23.8. The maximum Gasteiger partial charge on any atom is 0.416 e. The number of hydrogen-bond donors (Lipinski definition) is 1. The van der Waals surface area contributed by atoms with E-state index in [0.29, 0.717) is 38.0 Å². The van der Waals surface area contributed by atoms with Gasteiger partial charge in [0.15, 0.2) is 0 Å². The molecule has 1 saturated heterocycles. The number of benzene rings is 1. The van der Waals surface area contributed by atoms with Crippen molar-refractivity contribution in [2.75, 3.05) is 17.3 Å². The topological polar surface area (TPSA) is 119 Å². The molecule has 2 heterocycles. The number of alkyl halides is 3. The zero-order valence-corrected chi connectivity index (χ0v) is 18.2. The second-order valence-electron chi connectivity index (χ2n) is 7.53. The standard InChI is InChI=1S/C19H22F3N3O6S/c1-3-4-7-16(26)25(32(2,29)30)24-17(27)12-9-11(15-6-5-8-31-15)13(19(20,21)22)10-14(12)23-18(24)28/h9-10,15H,3-8H2,1-2H3,(H,23,28)/t15-/m1/s1. The molecule has 1 aliphatic rings. The van der Waals surface area contributed by atoms with Crippen LogP contribution in [0.3, 0.4) is 0 Å². The molecule has 0 unspecified atom stereocenters. The number of H-pyrrole nitrogens is 1. The summed E-state index contributed by atoms with van der Waals surface area (Å²) in [6.45, 7) is 2.02. The maximum atomic E-state index is 13.7. The summed E-state index contributed by atoms with van der Waals surface area (Å²) in [6.07, 6.45) is -3.59. The Balaban J connectivity index is 2.31. The van der Waals surface area contributed by atoms with Crippen molar-refractivity contribution < 1.29 is 31.1 Å². The number of ether oxygens (including phenoxy) is 1. The number of nitrogens with zero attached hydrogens (tertiary/aromatic N) is 2. The van der Waals surface area contributed by atoms with Gasteiger partial charge >= 0.3 is 11.9 Å². The van der Waals surface area contributed by atoms with E-state index in [0.717, 1.165) is 6.07 Å². The van der Waals surface area contributed by atoms with E-state index in [1.165, 1.54) is 0 Å². The molecule has 3 rings (SSSR count). The van der Waals surface area contributed by atoms with Crippen LogP contribution >= 0.6 is 0 Å². The Kier molecular flexibility index (Phi) is 6.52. The van der Waals surface area contributed by atoms with Crippen molar-refractivity contribution in [2.24, 2.45) is 0 Å². The zero-order valence-electron chi connectivity index (χ0n) is 17.4. The highest BCUT2D eigenvalue weighted by atomic mass is 32.2. The van der Waals surface area contributed by atoms with Crippen molar-refractivity contribution in [3.05, 3.63) is 44.1 Å². The minimum absolute atomic E-state index is 0.0622. The van der Waals surface area contributed by atoms with E-state index in [2.05, 4.69) is 4.98 Å². The third kappa shape index (κ3) is 4.58. The highest BCUT2D eigenvalue weighted by Gasteiger charge is 2.38. The van der Waals surface area contributed by atoms with Gasteiger partial charge < -0.3 is 9.72 Å². The van der Waals surface area contributed by atoms with Gasteiger partial charge in [0.2, 0.25) is 0 Å². The SMILES string of the molecule is CCCCC(=O)N(n1c(=O)[nH]c2cc(C(F)(F)F)c([C@H]3CCCO3)cc2c1=O)S(C)(=O)=O. The van der Waals surface area contributed by atoms with E-state index in [4.69, 9.17) is 4.74 Å². The molecule has 176 valence electrons. The highest BCUT2D eigenvalue weighted by Crippen LogP contribution is 2.40. The molecular formula is C19H22F3N3O6S. The molecule has 0 radical (unpaired) electrons. The van der Waals surface area contributed by atoms with Gasteiger partial charge in [-0.2, -0.15) is 13.2 Å². The average Bonchev–Trinajstić information content (AvgIpc) is 3.21. The van der Waals surface area contributed by atoms with Crippen molar-refractivity contribution in [3.63, 3.8) is 0 Å². The average molecular weight is 477 g/mol. The Morgan fingerprint density at radius 1 is 1.31 bits per heavy atom. The van der Waals surface area contributed by atoms with Gasteiger partial charge in [-0.05, 0) is 37.0 Å². The molecule has 0 spiro atoms. The summed E-state index contributed by atoms with van der Waals surface area (Å²) in [6, 6.07) is 1.57. The Bertz CT molecular complexity index is 1260. The first-order valence-electron chi connectivity index (χ1n) is 9.91. The molecule has 13 heteroatoms. The van der Waals surface area contributed by atoms with Crippen LogP contribution in [0.5, 0.6) is 0 Å². The summed E-state index contributed by atoms with van der Waals surface area (Å²) in [5.41, 5.74) is -4.37. The number of nitrogens with one attached hydrogen (secondary N) is 1. The molecule has 0 saturated carbocycles. The minimum atomic E-state index is -4.78. The molecule has 32 heavy (non-hydrogen) atoms. The summed E-state index contributed by atoms with van der Waals surface area (Å²) < 4.78 is 71.0. The molecule has 0 aliphatic carbocycles. The molecule has 9 nitrogen and oxygen atoms in total. The van der Waals surface area contributed by atoms with E-state index >= 15 is 0 Å². The van der Waals surface area contributed by atoms with Crippen molar-refractivity contribution in [1.29, 1.82) is 0 Å². The fourth-order valence-corrected chi connectivity index (χ4v) is 4.55. The van der Waals surface area contributed by atoms with E-state index < -0.39 is 50.5 Å². The summed E-state index contributed by atoms with van der Waals surface area (Å²) in [5.74, 6) is -1.01. The molecule has 1 fully saturated rings. The lowest BCUT2D eigenvalue weighted by Gasteiger charge is -2.22. The summed E-state index contributed by atoms with van der Waals surface area (Å²) in [5, 5.41) is -0.375. The normalized spacial score (nSPS) is 17.1. The van der Waals surface area contributed by atoms with Gasteiger partial charge in [-0.25, -0.2) is 13.2 Å². The van der Waals surface area contributed by atoms with Crippen molar-refractivity contribution in [2.45, 2.75) is 51.3 Å². The van der Waals surface area contributed by atoms with Crippen LogP contribution < -0.4 is 15.7 Å². The largest absolute Gasteiger partial charge is 0.416 e. The Morgan fingerprint density at radius 2 is 2.00 bits per heavy atom. The first kappa shape index (κ1) is 24.0. The van der Waals surface area contributed by atoms with Crippen molar-refractivity contribution in [1.82, 2.24) is 9.66 Å². The number of fused-ring (bicyclic) bond motifs is 1. The first-order chi connectivity index (χ1) is 14.9. The van der Waals surface area contributed by atoms with E-state index in [1.54, 1.807) is 6.92 Å². The first-order valence-corrected chi connectivity index (χ1v) is 11.8. The van der Waals surface area contributed by atoms with E-state index in [-0.39, 0.29) is 33.1 Å². The number of amides is 1. The number of sulfonamides is 1. The van der Waals surface area contributed by atoms with Crippen LogP contribution in [0.4, 0.5) is 13.2 Å². The Hall–Kier alpha value is -2.67. The van der Waals surface area contributed by atoms with Gasteiger partial charge in [-0.1, -0.05) is 13.3 Å². The van der Waals surface area contributed by atoms with Gasteiger partial charge in [0, 0.05) is 13.0 Å². The molecule has 2 aromatic rings. The second-order valence-corrected chi connectivity index (χ2v) is 9.35. The number of aromatic nitrogens is 2. The lowest BCUT2D eigenvalue weighted by Crippen LogP contribution is -2.55. The van der Waals surface area contributed by atoms with Crippen LogP contribution in [0.25, 0.3) is 10.9 Å². The van der Waals surface area contributed by atoms with Crippen molar-refractivity contribution in [3.8, 4) is 0 Å². The third-order valence-electron chi connectivity index (χ3n) is 5.08. The van der Waals surface area contributed by atoms with Crippen LogP contribution in [-0.4, -0.2) is 36.8 Å². The van der Waals surface area contributed by atoms with Crippen LogP contribution in [0, 0.1) is 0 Å². The van der Waals surface area contributed by atoms with Crippen LogP contribution in [-0.2, 0) is 25.7 Å².